The zero-order valence-electron chi connectivity index (χ0n) is 12.8. The molecule has 4 nitrogen and oxygen atoms in total. The average molecular weight is 373 g/mol. The molecule has 2 aromatic rings. The van der Waals surface area contributed by atoms with Crippen molar-refractivity contribution in [1.82, 2.24) is 4.72 Å². The van der Waals surface area contributed by atoms with Crippen LogP contribution in [0.15, 0.2) is 53.4 Å². The molecule has 0 aliphatic carbocycles. The van der Waals surface area contributed by atoms with Crippen LogP contribution in [0.4, 0.5) is 5.69 Å². The highest BCUT2D eigenvalue weighted by Gasteiger charge is 2.24. The van der Waals surface area contributed by atoms with E-state index in [1.165, 1.54) is 12.1 Å². The van der Waals surface area contributed by atoms with Gasteiger partial charge in [-0.25, -0.2) is 13.1 Å². The Hall–Kier alpha value is -1.27. The van der Waals surface area contributed by atoms with Crippen molar-refractivity contribution in [2.75, 3.05) is 11.9 Å². The molecule has 0 radical (unpaired) electrons. The predicted molar refractivity (Wildman–Crippen MR) is 95.8 cm³/mol. The SMILES string of the molecule is CC(C)(CNS(=O)(=O)c1cc(Cl)ccc1Cl)Nc1ccccc1. The Balaban J connectivity index is 2.10. The minimum absolute atomic E-state index is 0.0258. The first-order valence-electron chi connectivity index (χ1n) is 6.98. The van der Waals surface area contributed by atoms with Crippen LogP contribution in [0.25, 0.3) is 0 Å². The number of hydrogen-bond donors (Lipinski definition) is 2. The van der Waals surface area contributed by atoms with Crippen LogP contribution in [-0.4, -0.2) is 20.5 Å². The minimum Gasteiger partial charge on any atom is -0.379 e. The van der Waals surface area contributed by atoms with Gasteiger partial charge in [0.2, 0.25) is 10.0 Å². The van der Waals surface area contributed by atoms with Gasteiger partial charge < -0.3 is 5.32 Å². The van der Waals surface area contributed by atoms with Crippen molar-refractivity contribution in [3.05, 3.63) is 58.6 Å². The van der Waals surface area contributed by atoms with E-state index in [1.54, 1.807) is 6.07 Å². The molecule has 2 rings (SSSR count). The Bertz CT molecular complexity index is 778. The van der Waals surface area contributed by atoms with E-state index in [0.717, 1.165) is 5.69 Å². The third kappa shape index (κ3) is 5.11. The van der Waals surface area contributed by atoms with Crippen LogP contribution in [0, 0.1) is 0 Å². The molecule has 0 aliphatic heterocycles. The van der Waals surface area contributed by atoms with Gasteiger partial charge in [0.05, 0.1) is 5.02 Å². The minimum atomic E-state index is -3.75. The van der Waals surface area contributed by atoms with Crippen molar-refractivity contribution in [2.24, 2.45) is 0 Å². The van der Waals surface area contributed by atoms with E-state index in [1.807, 2.05) is 44.2 Å². The maximum atomic E-state index is 12.4. The van der Waals surface area contributed by atoms with Gasteiger partial charge in [-0.15, -0.1) is 0 Å². The number of nitrogens with one attached hydrogen (secondary N) is 2. The van der Waals surface area contributed by atoms with Crippen LogP contribution in [0.5, 0.6) is 0 Å². The Morgan fingerprint density at radius 2 is 1.70 bits per heavy atom. The van der Waals surface area contributed by atoms with Crippen molar-refractivity contribution < 1.29 is 8.42 Å². The van der Waals surface area contributed by atoms with Gasteiger partial charge in [0.15, 0.2) is 0 Å². The molecule has 0 unspecified atom stereocenters. The number of para-hydroxylation sites is 1. The summed E-state index contributed by atoms with van der Waals surface area (Å²) in [5.74, 6) is 0. The summed E-state index contributed by atoms with van der Waals surface area (Å²) in [5, 5.41) is 3.73. The molecule has 2 aromatic carbocycles. The van der Waals surface area contributed by atoms with Crippen LogP contribution in [0.1, 0.15) is 13.8 Å². The monoisotopic (exact) mass is 372 g/mol. The van der Waals surface area contributed by atoms with Crippen LogP contribution >= 0.6 is 23.2 Å². The molecule has 0 heterocycles. The number of benzene rings is 2. The number of anilines is 1. The summed E-state index contributed by atoms with van der Waals surface area (Å²) >= 11 is 11.8. The Labute approximate surface area is 146 Å². The number of hydrogen-bond acceptors (Lipinski definition) is 3. The van der Waals surface area contributed by atoms with E-state index in [2.05, 4.69) is 10.0 Å². The number of sulfonamides is 1. The molecule has 0 saturated heterocycles. The third-order valence-corrected chi connectivity index (χ3v) is 5.26. The van der Waals surface area contributed by atoms with Crippen LogP contribution in [-0.2, 0) is 10.0 Å². The second-order valence-electron chi connectivity index (χ2n) is 5.77. The smallest absolute Gasteiger partial charge is 0.242 e. The van der Waals surface area contributed by atoms with Crippen LogP contribution in [0.2, 0.25) is 10.0 Å². The molecule has 0 aromatic heterocycles. The van der Waals surface area contributed by atoms with Gasteiger partial charge in [-0.3, -0.25) is 0 Å². The zero-order valence-corrected chi connectivity index (χ0v) is 15.1. The molecule has 0 bridgehead atoms. The maximum absolute atomic E-state index is 12.4. The van der Waals surface area contributed by atoms with Crippen molar-refractivity contribution in [1.29, 1.82) is 0 Å². The van der Waals surface area contributed by atoms with E-state index in [0.29, 0.717) is 5.02 Å². The zero-order chi connectivity index (χ0) is 17.1. The van der Waals surface area contributed by atoms with E-state index < -0.39 is 15.6 Å². The van der Waals surface area contributed by atoms with Gasteiger partial charge >= 0.3 is 0 Å². The average Bonchev–Trinajstić information content (AvgIpc) is 2.48. The van der Waals surface area contributed by atoms with E-state index in [4.69, 9.17) is 23.2 Å². The largest absolute Gasteiger partial charge is 0.379 e. The normalized spacial score (nSPS) is 12.2. The lowest BCUT2D eigenvalue weighted by Gasteiger charge is -2.28. The fraction of sp³-hybridized carbons (Fsp3) is 0.250. The second-order valence-corrected chi connectivity index (χ2v) is 8.35. The molecule has 0 spiro atoms. The van der Waals surface area contributed by atoms with E-state index in [-0.39, 0.29) is 16.5 Å². The summed E-state index contributed by atoms with van der Waals surface area (Å²) in [5.41, 5.74) is 0.428. The fourth-order valence-corrected chi connectivity index (χ4v) is 3.97. The first kappa shape index (κ1) is 18.1. The van der Waals surface area contributed by atoms with E-state index >= 15 is 0 Å². The van der Waals surface area contributed by atoms with Gasteiger partial charge in [-0.1, -0.05) is 41.4 Å². The summed E-state index contributed by atoms with van der Waals surface area (Å²) in [7, 11) is -3.75. The lowest BCUT2D eigenvalue weighted by Crippen LogP contribution is -2.44. The predicted octanol–water partition coefficient (Wildman–Crippen LogP) is 4.16. The molecule has 124 valence electrons. The molecule has 0 fully saturated rings. The summed E-state index contributed by atoms with van der Waals surface area (Å²) in [6.07, 6.45) is 0. The van der Waals surface area contributed by atoms with Crippen molar-refractivity contribution in [2.45, 2.75) is 24.3 Å². The second kappa shape index (κ2) is 7.09. The van der Waals surface area contributed by atoms with Crippen molar-refractivity contribution in [3.63, 3.8) is 0 Å². The molecular weight excluding hydrogens is 355 g/mol. The van der Waals surface area contributed by atoms with Crippen molar-refractivity contribution in [3.8, 4) is 0 Å². The standard InChI is InChI=1S/C16H18Cl2N2O2S/c1-16(2,20-13-6-4-3-5-7-13)11-19-23(21,22)15-10-12(17)8-9-14(15)18/h3-10,19-20H,11H2,1-2H3. The van der Waals surface area contributed by atoms with E-state index in [9.17, 15) is 8.42 Å². The summed E-state index contributed by atoms with van der Waals surface area (Å²) < 4.78 is 27.4. The molecule has 0 amide bonds. The van der Waals surface area contributed by atoms with Gasteiger partial charge in [0.25, 0.3) is 0 Å². The topological polar surface area (TPSA) is 58.2 Å². The lowest BCUT2D eigenvalue weighted by atomic mass is 10.1. The Morgan fingerprint density at radius 3 is 2.35 bits per heavy atom. The highest BCUT2D eigenvalue weighted by Crippen LogP contribution is 2.25. The van der Waals surface area contributed by atoms with Gasteiger partial charge in [-0.05, 0) is 44.2 Å². The lowest BCUT2D eigenvalue weighted by molar-refractivity contribution is 0.529. The first-order valence-corrected chi connectivity index (χ1v) is 9.21. The van der Waals surface area contributed by atoms with Crippen molar-refractivity contribution >= 4 is 38.9 Å². The van der Waals surface area contributed by atoms with Gasteiger partial charge in [-0.2, -0.15) is 0 Å². The molecular formula is C16H18Cl2N2O2S. The van der Waals surface area contributed by atoms with Gasteiger partial charge in [0.1, 0.15) is 4.90 Å². The molecule has 0 atom stereocenters. The highest BCUT2D eigenvalue weighted by molar-refractivity contribution is 7.89. The maximum Gasteiger partial charge on any atom is 0.242 e. The molecule has 23 heavy (non-hydrogen) atoms. The fourth-order valence-electron chi connectivity index (χ4n) is 1.99. The summed E-state index contributed by atoms with van der Waals surface area (Å²) in [4.78, 5) is -0.0258. The Kier molecular flexibility index (Phi) is 5.57. The number of halogens is 2. The quantitative estimate of drug-likeness (QED) is 0.799. The van der Waals surface area contributed by atoms with Gasteiger partial charge in [0, 0.05) is 22.8 Å². The summed E-state index contributed by atoms with van der Waals surface area (Å²) in [6, 6.07) is 13.9. The third-order valence-electron chi connectivity index (χ3n) is 3.14. The molecule has 0 aliphatic rings. The highest BCUT2D eigenvalue weighted by atomic mass is 35.5. The molecule has 0 saturated carbocycles. The van der Waals surface area contributed by atoms with Crippen LogP contribution < -0.4 is 10.0 Å². The summed E-state index contributed by atoms with van der Waals surface area (Å²) in [6.45, 7) is 4.00. The molecule has 2 N–H and O–H groups in total. The Morgan fingerprint density at radius 1 is 1.04 bits per heavy atom. The first-order chi connectivity index (χ1) is 10.7. The number of rotatable bonds is 6. The molecule has 7 heteroatoms. The van der Waals surface area contributed by atoms with Crippen LogP contribution in [0.3, 0.4) is 0 Å².